The van der Waals surface area contributed by atoms with Crippen molar-refractivity contribution < 1.29 is 9.90 Å². The Morgan fingerprint density at radius 3 is 3.20 bits per heavy atom. The molecule has 2 rings (SSSR count). The van der Waals surface area contributed by atoms with E-state index in [0.717, 1.165) is 38.2 Å². The molecule has 0 unspecified atom stereocenters. The minimum atomic E-state index is -0.283. The van der Waals surface area contributed by atoms with Gasteiger partial charge in [0, 0.05) is 38.4 Å². The molecule has 6 nitrogen and oxygen atoms in total. The molecule has 6 heteroatoms. The number of aryl methyl sites for hydroxylation is 1. The number of nitrogens with zero attached hydrogens (tertiary/aromatic N) is 3. The molecule has 0 spiro atoms. The maximum absolute atomic E-state index is 11.8. The number of nitrogens with one attached hydrogen (secondary N) is 1. The lowest BCUT2D eigenvalue weighted by molar-refractivity contribution is -0.122. The number of hydrogen-bond donors (Lipinski definition) is 2. The molecule has 0 aromatic carbocycles. The first-order valence-electron chi connectivity index (χ1n) is 7.36. The second kappa shape index (κ2) is 7.40. The molecular formula is C14H24N4O2. The van der Waals surface area contributed by atoms with Crippen LogP contribution in [-0.4, -0.2) is 57.7 Å². The highest BCUT2D eigenvalue weighted by Gasteiger charge is 2.19. The van der Waals surface area contributed by atoms with Crippen LogP contribution < -0.4 is 5.32 Å². The van der Waals surface area contributed by atoms with Crippen LogP contribution in [0.5, 0.6) is 0 Å². The van der Waals surface area contributed by atoms with Gasteiger partial charge < -0.3 is 15.0 Å². The lowest BCUT2D eigenvalue weighted by atomic mass is 10.1. The molecule has 0 radical (unpaired) electrons. The van der Waals surface area contributed by atoms with Gasteiger partial charge in [0.05, 0.1) is 12.6 Å². The van der Waals surface area contributed by atoms with Crippen LogP contribution in [0.25, 0.3) is 0 Å². The third-order valence-electron chi connectivity index (χ3n) is 3.64. The highest BCUT2D eigenvalue weighted by molar-refractivity contribution is 5.77. The van der Waals surface area contributed by atoms with E-state index in [0.29, 0.717) is 19.6 Å². The first-order valence-corrected chi connectivity index (χ1v) is 7.36. The van der Waals surface area contributed by atoms with E-state index in [2.05, 4.69) is 21.8 Å². The second-order valence-electron chi connectivity index (χ2n) is 5.27. The van der Waals surface area contributed by atoms with Gasteiger partial charge in [-0.1, -0.05) is 6.92 Å². The summed E-state index contributed by atoms with van der Waals surface area (Å²) in [7, 11) is 0. The Balaban J connectivity index is 1.67. The van der Waals surface area contributed by atoms with Crippen LogP contribution in [0.1, 0.15) is 25.6 Å². The Kier molecular flexibility index (Phi) is 5.55. The van der Waals surface area contributed by atoms with Gasteiger partial charge in [0.15, 0.2) is 0 Å². The van der Waals surface area contributed by atoms with E-state index in [1.165, 1.54) is 0 Å². The number of rotatable bonds is 6. The maximum Gasteiger partial charge on any atom is 0.234 e. The van der Waals surface area contributed by atoms with E-state index < -0.39 is 0 Å². The minimum absolute atomic E-state index is 0.0252. The number of piperidine rings is 1. The van der Waals surface area contributed by atoms with Crippen LogP contribution in [0.2, 0.25) is 0 Å². The number of aliphatic hydroxyl groups is 1. The van der Waals surface area contributed by atoms with E-state index in [9.17, 15) is 9.90 Å². The van der Waals surface area contributed by atoms with Crippen LogP contribution in [0.3, 0.4) is 0 Å². The summed E-state index contributed by atoms with van der Waals surface area (Å²) in [4.78, 5) is 18.1. The molecule has 1 aliphatic rings. The third kappa shape index (κ3) is 4.31. The largest absolute Gasteiger partial charge is 0.392 e. The van der Waals surface area contributed by atoms with Crippen molar-refractivity contribution in [3.63, 3.8) is 0 Å². The molecule has 0 bridgehead atoms. The van der Waals surface area contributed by atoms with E-state index >= 15 is 0 Å². The van der Waals surface area contributed by atoms with Crippen molar-refractivity contribution in [3.8, 4) is 0 Å². The van der Waals surface area contributed by atoms with E-state index in [-0.39, 0.29) is 12.0 Å². The second-order valence-corrected chi connectivity index (χ2v) is 5.27. The van der Waals surface area contributed by atoms with Crippen LogP contribution in [0.15, 0.2) is 12.4 Å². The summed E-state index contributed by atoms with van der Waals surface area (Å²) in [5.41, 5.74) is 0. The highest BCUT2D eigenvalue weighted by atomic mass is 16.3. The van der Waals surface area contributed by atoms with Crippen molar-refractivity contribution >= 4 is 5.91 Å². The Labute approximate surface area is 119 Å². The summed E-state index contributed by atoms with van der Waals surface area (Å²) >= 11 is 0. The Morgan fingerprint density at radius 2 is 2.45 bits per heavy atom. The number of carbonyl (C=O) groups is 1. The molecule has 1 saturated heterocycles. The fraction of sp³-hybridized carbons (Fsp3) is 0.714. The summed E-state index contributed by atoms with van der Waals surface area (Å²) in [5, 5.41) is 12.5. The number of aromatic nitrogens is 2. The topological polar surface area (TPSA) is 70.4 Å². The van der Waals surface area contributed by atoms with Crippen LogP contribution >= 0.6 is 0 Å². The highest BCUT2D eigenvalue weighted by Crippen LogP contribution is 2.08. The number of hydrogen-bond acceptors (Lipinski definition) is 4. The number of carbonyl (C=O) groups excluding carboxylic acids is 1. The zero-order valence-electron chi connectivity index (χ0n) is 12.1. The van der Waals surface area contributed by atoms with Gasteiger partial charge in [-0.3, -0.25) is 9.69 Å². The molecule has 0 saturated carbocycles. The van der Waals surface area contributed by atoms with Crippen molar-refractivity contribution in [2.75, 3.05) is 26.2 Å². The van der Waals surface area contributed by atoms with E-state index in [4.69, 9.17) is 0 Å². The number of β-amino-alcohol motifs (C(OH)–C–C–N with tert-alkyl or cyclic N) is 1. The van der Waals surface area contributed by atoms with Crippen molar-refractivity contribution in [3.05, 3.63) is 18.2 Å². The molecular weight excluding hydrogens is 256 g/mol. The van der Waals surface area contributed by atoms with Crippen molar-refractivity contribution in [1.29, 1.82) is 0 Å². The lowest BCUT2D eigenvalue weighted by Gasteiger charge is -2.29. The molecule has 20 heavy (non-hydrogen) atoms. The smallest absolute Gasteiger partial charge is 0.234 e. The third-order valence-corrected chi connectivity index (χ3v) is 3.64. The maximum atomic E-state index is 11.8. The first-order chi connectivity index (χ1) is 9.69. The van der Waals surface area contributed by atoms with Gasteiger partial charge in [-0.05, 0) is 19.4 Å². The van der Waals surface area contributed by atoms with Gasteiger partial charge in [-0.15, -0.1) is 0 Å². The summed E-state index contributed by atoms with van der Waals surface area (Å²) in [6, 6.07) is 0. The summed E-state index contributed by atoms with van der Waals surface area (Å²) in [5.74, 6) is 1.07. The number of likely N-dealkylation sites (tertiary alicyclic amines) is 1. The van der Waals surface area contributed by atoms with Crippen molar-refractivity contribution in [2.24, 2.45) is 0 Å². The monoisotopic (exact) mass is 280 g/mol. The molecule has 112 valence electrons. The van der Waals surface area contributed by atoms with Gasteiger partial charge in [0.2, 0.25) is 5.91 Å². The summed E-state index contributed by atoms with van der Waals surface area (Å²) in [6.45, 7) is 5.30. The van der Waals surface area contributed by atoms with E-state index in [1.54, 1.807) is 6.20 Å². The normalized spacial score (nSPS) is 20.0. The van der Waals surface area contributed by atoms with Gasteiger partial charge in [0.1, 0.15) is 5.82 Å². The summed E-state index contributed by atoms with van der Waals surface area (Å²) < 4.78 is 2.06. The van der Waals surface area contributed by atoms with Gasteiger partial charge in [-0.25, -0.2) is 4.98 Å². The van der Waals surface area contributed by atoms with Gasteiger partial charge in [-0.2, -0.15) is 0 Å². The fourth-order valence-electron chi connectivity index (χ4n) is 2.61. The Bertz CT molecular complexity index is 433. The molecule has 1 aliphatic heterocycles. The number of aliphatic hydroxyl groups excluding tert-OH is 1. The zero-order chi connectivity index (χ0) is 14.4. The fourth-order valence-corrected chi connectivity index (χ4v) is 2.61. The zero-order valence-corrected chi connectivity index (χ0v) is 12.1. The first kappa shape index (κ1) is 15.0. The predicted molar refractivity (Wildman–Crippen MR) is 76.3 cm³/mol. The molecule has 1 aromatic heterocycles. The summed E-state index contributed by atoms with van der Waals surface area (Å²) in [6.07, 6.45) is 6.14. The average Bonchev–Trinajstić information content (AvgIpc) is 2.86. The number of imidazole rings is 1. The molecule has 2 heterocycles. The van der Waals surface area contributed by atoms with Crippen LogP contribution in [0.4, 0.5) is 0 Å². The van der Waals surface area contributed by atoms with Crippen molar-refractivity contribution in [2.45, 2.75) is 38.8 Å². The molecule has 1 fully saturated rings. The van der Waals surface area contributed by atoms with Gasteiger partial charge >= 0.3 is 0 Å². The van der Waals surface area contributed by atoms with Crippen LogP contribution in [0, 0.1) is 0 Å². The molecule has 2 N–H and O–H groups in total. The van der Waals surface area contributed by atoms with Crippen molar-refractivity contribution in [1.82, 2.24) is 19.8 Å². The van der Waals surface area contributed by atoms with Gasteiger partial charge in [0.25, 0.3) is 0 Å². The van der Waals surface area contributed by atoms with Crippen LogP contribution in [-0.2, 0) is 17.8 Å². The molecule has 1 atom stereocenters. The number of amides is 1. The molecule has 0 aliphatic carbocycles. The Morgan fingerprint density at radius 1 is 1.60 bits per heavy atom. The predicted octanol–water partition coefficient (Wildman–Crippen LogP) is 0.0184. The minimum Gasteiger partial charge on any atom is -0.392 e. The Hall–Kier alpha value is -1.40. The molecule has 1 amide bonds. The lowest BCUT2D eigenvalue weighted by Crippen LogP contribution is -2.44. The van der Waals surface area contributed by atoms with E-state index in [1.807, 2.05) is 11.1 Å². The standard InChI is InChI=1S/C14H24N4O2/c1-2-13-15-5-8-18(13)9-6-16-14(20)11-17-7-3-4-12(19)10-17/h5,8,12,19H,2-4,6-7,9-11H2,1H3,(H,16,20)/t12-/m0/s1. The average molecular weight is 280 g/mol. The quantitative estimate of drug-likeness (QED) is 0.770. The molecule has 1 aromatic rings. The SMILES string of the molecule is CCc1nccn1CCNC(=O)CN1CCC[C@H](O)C1.